The molecule has 0 aromatic rings. The van der Waals surface area contributed by atoms with Gasteiger partial charge in [-0.1, -0.05) is 13.8 Å². The van der Waals surface area contributed by atoms with E-state index in [-0.39, 0.29) is 0 Å². The van der Waals surface area contributed by atoms with E-state index >= 15 is 0 Å². The van der Waals surface area contributed by atoms with E-state index in [9.17, 15) is 0 Å². The minimum atomic E-state index is 0.358. The molecule has 2 nitrogen and oxygen atoms in total. The molecule has 0 bridgehead atoms. The number of thiol groups is 1. The highest BCUT2D eigenvalue weighted by Gasteiger charge is 2.35. The number of hydrogen-bond acceptors (Lipinski definition) is 3. The number of rotatable bonds is 3. The molecule has 2 unspecified atom stereocenters. The summed E-state index contributed by atoms with van der Waals surface area (Å²) in [6, 6.07) is 0.860. The first-order valence-electron chi connectivity index (χ1n) is 7.05. The van der Waals surface area contributed by atoms with Crippen LogP contribution in [0.1, 0.15) is 33.1 Å². The van der Waals surface area contributed by atoms with Gasteiger partial charge < -0.3 is 9.80 Å². The Balaban J connectivity index is 1.89. The topological polar surface area (TPSA) is 6.48 Å². The third kappa shape index (κ3) is 3.39. The lowest BCUT2D eigenvalue weighted by molar-refractivity contribution is 0.0267. The van der Waals surface area contributed by atoms with Crippen LogP contribution in [0.4, 0.5) is 0 Å². The van der Waals surface area contributed by atoms with E-state index < -0.39 is 0 Å². The second kappa shape index (κ2) is 5.50. The second-order valence-electron chi connectivity index (χ2n) is 6.80. The minimum absolute atomic E-state index is 0.358. The third-order valence-corrected chi connectivity index (χ3v) is 5.37. The van der Waals surface area contributed by atoms with E-state index in [2.05, 4.69) is 43.3 Å². The Hall–Kier alpha value is 0.270. The zero-order valence-corrected chi connectivity index (χ0v) is 12.5. The molecule has 2 rings (SSSR count). The molecule has 0 N–H and O–H groups in total. The first kappa shape index (κ1) is 13.7. The number of fused-ring (bicyclic) bond motifs is 1. The van der Waals surface area contributed by atoms with Crippen LogP contribution < -0.4 is 0 Å². The SMILES string of the molecule is CN1CCCC2CN(CC(C)(C)CS)CCC21. The van der Waals surface area contributed by atoms with E-state index in [4.69, 9.17) is 0 Å². The van der Waals surface area contributed by atoms with Gasteiger partial charge in [0.1, 0.15) is 0 Å². The molecule has 0 aliphatic carbocycles. The van der Waals surface area contributed by atoms with Gasteiger partial charge >= 0.3 is 0 Å². The first-order chi connectivity index (χ1) is 8.02. The molecule has 17 heavy (non-hydrogen) atoms. The number of likely N-dealkylation sites (tertiary alicyclic amines) is 2. The van der Waals surface area contributed by atoms with Crippen molar-refractivity contribution in [2.75, 3.05) is 39.0 Å². The van der Waals surface area contributed by atoms with Crippen molar-refractivity contribution in [3.63, 3.8) is 0 Å². The number of nitrogens with zero attached hydrogens (tertiary/aromatic N) is 2. The molecule has 100 valence electrons. The molecule has 0 saturated carbocycles. The molecule has 2 saturated heterocycles. The predicted octanol–water partition coefficient (Wildman–Crippen LogP) is 2.36. The third-order valence-electron chi connectivity index (χ3n) is 4.51. The summed E-state index contributed by atoms with van der Waals surface area (Å²) in [6.45, 7) is 9.78. The molecule has 0 radical (unpaired) electrons. The second-order valence-corrected chi connectivity index (χ2v) is 7.11. The van der Waals surface area contributed by atoms with Crippen LogP contribution in [-0.4, -0.2) is 54.8 Å². The molecule has 2 aliphatic rings. The Bertz CT molecular complexity index is 255. The molecule has 0 amide bonds. The van der Waals surface area contributed by atoms with Crippen LogP contribution in [0, 0.1) is 11.3 Å². The lowest BCUT2D eigenvalue weighted by Gasteiger charge is -2.47. The molecule has 0 aromatic heterocycles. The predicted molar refractivity (Wildman–Crippen MR) is 77.8 cm³/mol. The van der Waals surface area contributed by atoms with E-state index in [1.165, 1.54) is 45.4 Å². The lowest BCUT2D eigenvalue weighted by atomic mass is 9.83. The van der Waals surface area contributed by atoms with Crippen molar-refractivity contribution in [3.8, 4) is 0 Å². The molecule has 2 fully saturated rings. The van der Waals surface area contributed by atoms with E-state index in [0.717, 1.165) is 17.7 Å². The largest absolute Gasteiger partial charge is 0.303 e. The van der Waals surface area contributed by atoms with Gasteiger partial charge in [0.15, 0.2) is 0 Å². The Kier molecular flexibility index (Phi) is 4.43. The molecule has 0 aromatic carbocycles. The Morgan fingerprint density at radius 3 is 2.71 bits per heavy atom. The van der Waals surface area contributed by atoms with Crippen molar-refractivity contribution in [1.82, 2.24) is 9.80 Å². The van der Waals surface area contributed by atoms with E-state index in [1.807, 2.05) is 0 Å². The van der Waals surface area contributed by atoms with Gasteiger partial charge in [-0.2, -0.15) is 12.6 Å². The molecule has 0 spiro atoms. The molecular weight excluding hydrogens is 228 g/mol. The van der Waals surface area contributed by atoms with Gasteiger partial charge in [0.25, 0.3) is 0 Å². The van der Waals surface area contributed by atoms with Gasteiger partial charge in [-0.05, 0) is 56.5 Å². The Labute approximate surface area is 112 Å². The molecule has 3 heteroatoms. The van der Waals surface area contributed by atoms with Crippen LogP contribution >= 0.6 is 12.6 Å². The maximum absolute atomic E-state index is 4.47. The van der Waals surface area contributed by atoms with Crippen LogP contribution in [0.5, 0.6) is 0 Å². The summed E-state index contributed by atoms with van der Waals surface area (Å²) in [5.41, 5.74) is 0.358. The van der Waals surface area contributed by atoms with E-state index in [0.29, 0.717) is 5.41 Å². The van der Waals surface area contributed by atoms with Gasteiger partial charge in [-0.3, -0.25) is 0 Å². The summed E-state index contributed by atoms with van der Waals surface area (Å²) in [7, 11) is 2.31. The minimum Gasteiger partial charge on any atom is -0.303 e. The van der Waals surface area contributed by atoms with Crippen molar-refractivity contribution < 1.29 is 0 Å². The summed E-state index contributed by atoms with van der Waals surface area (Å²) in [5, 5.41) is 0. The highest BCUT2D eigenvalue weighted by atomic mass is 32.1. The number of piperidine rings is 2. The zero-order chi connectivity index (χ0) is 12.5. The fourth-order valence-electron chi connectivity index (χ4n) is 3.53. The van der Waals surface area contributed by atoms with E-state index in [1.54, 1.807) is 0 Å². The molecular formula is C14H28N2S. The monoisotopic (exact) mass is 256 g/mol. The Morgan fingerprint density at radius 1 is 1.24 bits per heavy atom. The van der Waals surface area contributed by atoms with Crippen LogP contribution in [0.15, 0.2) is 0 Å². The zero-order valence-electron chi connectivity index (χ0n) is 11.7. The normalized spacial score (nSPS) is 32.5. The molecule has 2 aliphatic heterocycles. The summed E-state index contributed by atoms with van der Waals surface area (Å²) in [4.78, 5) is 5.27. The lowest BCUT2D eigenvalue weighted by Crippen LogP contribution is -2.54. The average Bonchev–Trinajstić information content (AvgIpc) is 2.29. The quantitative estimate of drug-likeness (QED) is 0.775. The van der Waals surface area contributed by atoms with Crippen molar-refractivity contribution in [2.24, 2.45) is 11.3 Å². The Morgan fingerprint density at radius 2 is 2.00 bits per heavy atom. The molecule has 2 atom stereocenters. The molecule has 2 heterocycles. The summed E-state index contributed by atoms with van der Waals surface area (Å²) in [6.07, 6.45) is 4.19. The van der Waals surface area contributed by atoms with Gasteiger partial charge in [-0.25, -0.2) is 0 Å². The van der Waals surface area contributed by atoms with Gasteiger partial charge in [0.2, 0.25) is 0 Å². The van der Waals surface area contributed by atoms with Gasteiger partial charge in [-0.15, -0.1) is 0 Å². The van der Waals surface area contributed by atoms with Crippen LogP contribution in [-0.2, 0) is 0 Å². The highest BCUT2D eigenvalue weighted by molar-refractivity contribution is 7.80. The van der Waals surface area contributed by atoms with Crippen molar-refractivity contribution in [3.05, 3.63) is 0 Å². The van der Waals surface area contributed by atoms with Gasteiger partial charge in [0.05, 0.1) is 0 Å². The summed E-state index contributed by atoms with van der Waals surface area (Å²) >= 11 is 4.47. The highest BCUT2D eigenvalue weighted by Crippen LogP contribution is 2.31. The summed E-state index contributed by atoms with van der Waals surface area (Å²) in [5.74, 6) is 1.90. The fraction of sp³-hybridized carbons (Fsp3) is 1.00. The van der Waals surface area contributed by atoms with Crippen LogP contribution in [0.3, 0.4) is 0 Å². The fourth-order valence-corrected chi connectivity index (χ4v) is 3.63. The maximum atomic E-state index is 4.47. The van der Waals surface area contributed by atoms with Crippen LogP contribution in [0.25, 0.3) is 0 Å². The smallest absolute Gasteiger partial charge is 0.0145 e. The van der Waals surface area contributed by atoms with Crippen molar-refractivity contribution in [1.29, 1.82) is 0 Å². The number of hydrogen-bond donors (Lipinski definition) is 1. The summed E-state index contributed by atoms with van der Waals surface area (Å²) < 4.78 is 0. The van der Waals surface area contributed by atoms with Crippen molar-refractivity contribution >= 4 is 12.6 Å². The van der Waals surface area contributed by atoms with Gasteiger partial charge in [0, 0.05) is 19.1 Å². The van der Waals surface area contributed by atoms with Crippen molar-refractivity contribution in [2.45, 2.75) is 39.2 Å². The standard InChI is InChI=1S/C14H28N2S/c1-14(2,11-17)10-16-8-6-13-12(9-16)5-4-7-15(13)3/h12-13,17H,4-11H2,1-3H3. The maximum Gasteiger partial charge on any atom is 0.0145 e. The van der Waals surface area contributed by atoms with Crippen LogP contribution in [0.2, 0.25) is 0 Å². The first-order valence-corrected chi connectivity index (χ1v) is 7.68. The average molecular weight is 256 g/mol.